The fourth-order valence-electron chi connectivity index (χ4n) is 1.89. The average molecular weight is 291 g/mol. The molecule has 0 aliphatic carbocycles. The molecule has 0 fully saturated rings. The van der Waals surface area contributed by atoms with Gasteiger partial charge in [-0.1, -0.05) is 19.8 Å². The maximum Gasteiger partial charge on any atom is 0.326 e. The van der Waals surface area contributed by atoms with Crippen LogP contribution in [0.15, 0.2) is 12.3 Å². The Morgan fingerprint density at radius 2 is 2.24 bits per heavy atom. The molecule has 2 aromatic rings. The predicted octanol–water partition coefficient (Wildman–Crippen LogP) is 0.806. The topological polar surface area (TPSA) is 109 Å². The van der Waals surface area contributed by atoms with Crippen molar-refractivity contribution < 1.29 is 14.7 Å². The van der Waals surface area contributed by atoms with Gasteiger partial charge in [-0.3, -0.25) is 4.79 Å². The quantitative estimate of drug-likeness (QED) is 0.815. The Kier molecular flexibility index (Phi) is 4.46. The summed E-state index contributed by atoms with van der Waals surface area (Å²) in [5, 5.41) is 15.6. The summed E-state index contributed by atoms with van der Waals surface area (Å²) in [6.45, 7) is 3.77. The zero-order chi connectivity index (χ0) is 15.4. The highest BCUT2D eigenvalue weighted by atomic mass is 16.4. The Hall–Kier alpha value is -2.51. The van der Waals surface area contributed by atoms with Gasteiger partial charge in [0.2, 0.25) is 5.82 Å². The van der Waals surface area contributed by atoms with Gasteiger partial charge >= 0.3 is 5.97 Å². The number of aliphatic carboxylic acids is 1. The Bertz CT molecular complexity index is 667. The highest BCUT2D eigenvalue weighted by molar-refractivity contribution is 5.93. The smallest absolute Gasteiger partial charge is 0.326 e. The molecule has 0 saturated carbocycles. The van der Waals surface area contributed by atoms with E-state index in [1.165, 1.54) is 4.52 Å². The molecular formula is C13H17N5O3. The van der Waals surface area contributed by atoms with Gasteiger partial charge in [-0.15, -0.1) is 5.10 Å². The van der Waals surface area contributed by atoms with Crippen LogP contribution in [0.2, 0.25) is 0 Å². The Labute approximate surface area is 121 Å². The van der Waals surface area contributed by atoms with E-state index in [1.54, 1.807) is 12.3 Å². The Balaban J connectivity index is 2.17. The van der Waals surface area contributed by atoms with Crippen molar-refractivity contribution in [2.45, 2.75) is 39.2 Å². The van der Waals surface area contributed by atoms with Gasteiger partial charge in [0.15, 0.2) is 0 Å². The molecule has 2 heterocycles. The van der Waals surface area contributed by atoms with Crippen molar-refractivity contribution in [1.82, 2.24) is 24.9 Å². The maximum atomic E-state index is 12.1. The monoisotopic (exact) mass is 291 g/mol. The van der Waals surface area contributed by atoms with Gasteiger partial charge in [0.25, 0.3) is 11.7 Å². The number of amides is 1. The predicted molar refractivity (Wildman–Crippen MR) is 73.9 cm³/mol. The molecule has 21 heavy (non-hydrogen) atoms. The molecule has 2 N–H and O–H groups in total. The highest BCUT2D eigenvalue weighted by Gasteiger charge is 2.22. The van der Waals surface area contributed by atoms with Gasteiger partial charge in [-0.25, -0.2) is 14.3 Å². The molecule has 0 saturated heterocycles. The number of nitrogens with one attached hydrogen (secondary N) is 1. The molecule has 2 aromatic heterocycles. The van der Waals surface area contributed by atoms with Gasteiger partial charge in [-0.2, -0.15) is 4.98 Å². The van der Waals surface area contributed by atoms with E-state index in [1.807, 2.05) is 13.8 Å². The van der Waals surface area contributed by atoms with E-state index < -0.39 is 17.9 Å². The van der Waals surface area contributed by atoms with E-state index in [-0.39, 0.29) is 5.82 Å². The Morgan fingerprint density at radius 1 is 1.48 bits per heavy atom. The number of hydrogen-bond acceptors (Lipinski definition) is 5. The number of unbranched alkanes of at least 4 members (excludes halogenated alkanes) is 1. The lowest BCUT2D eigenvalue weighted by molar-refractivity contribution is -0.139. The van der Waals surface area contributed by atoms with Crippen molar-refractivity contribution in [3.8, 4) is 0 Å². The number of hydrogen-bond donors (Lipinski definition) is 2. The largest absolute Gasteiger partial charge is 0.480 e. The summed E-state index contributed by atoms with van der Waals surface area (Å²) in [5.41, 5.74) is 0.785. The molecule has 0 aliphatic rings. The van der Waals surface area contributed by atoms with Gasteiger partial charge in [0.1, 0.15) is 6.04 Å². The van der Waals surface area contributed by atoms with E-state index in [0.29, 0.717) is 12.2 Å². The summed E-state index contributed by atoms with van der Waals surface area (Å²) >= 11 is 0. The third-order valence-electron chi connectivity index (χ3n) is 3.08. The van der Waals surface area contributed by atoms with Crippen molar-refractivity contribution in [3.63, 3.8) is 0 Å². The van der Waals surface area contributed by atoms with Crippen LogP contribution in [0, 0.1) is 6.92 Å². The molecule has 0 spiro atoms. The molecule has 1 unspecified atom stereocenters. The normalized spacial score (nSPS) is 12.3. The summed E-state index contributed by atoms with van der Waals surface area (Å²) in [5.74, 6) is -1.45. The minimum absolute atomic E-state index is 0.0838. The standard InChI is InChI=1S/C13H17N5O3/c1-3-4-5-9(12(20)21)15-11(19)10-16-13-14-7-6-8(2)18(13)17-10/h6-7,9H,3-5H2,1-2H3,(H,15,19)(H,20,21). The number of aromatic nitrogens is 4. The Morgan fingerprint density at radius 3 is 2.86 bits per heavy atom. The molecule has 0 radical (unpaired) electrons. The van der Waals surface area contributed by atoms with E-state index in [2.05, 4.69) is 20.4 Å². The molecule has 112 valence electrons. The van der Waals surface area contributed by atoms with Gasteiger partial charge < -0.3 is 10.4 Å². The maximum absolute atomic E-state index is 12.1. The van der Waals surface area contributed by atoms with Crippen molar-refractivity contribution in [2.24, 2.45) is 0 Å². The lowest BCUT2D eigenvalue weighted by atomic mass is 10.1. The summed E-state index contributed by atoms with van der Waals surface area (Å²) in [6, 6.07) is 0.808. The average Bonchev–Trinajstić information content (AvgIpc) is 2.88. The first-order chi connectivity index (χ1) is 10.0. The molecule has 0 bridgehead atoms. The van der Waals surface area contributed by atoms with E-state index >= 15 is 0 Å². The molecule has 8 nitrogen and oxygen atoms in total. The van der Waals surface area contributed by atoms with Crippen LogP contribution in [0.1, 0.15) is 42.5 Å². The minimum atomic E-state index is -1.06. The zero-order valence-corrected chi connectivity index (χ0v) is 11.9. The number of carboxylic acid groups (broad SMARTS) is 1. The van der Waals surface area contributed by atoms with Crippen LogP contribution >= 0.6 is 0 Å². The van der Waals surface area contributed by atoms with Crippen molar-refractivity contribution in [1.29, 1.82) is 0 Å². The second kappa shape index (κ2) is 6.29. The molecule has 8 heteroatoms. The van der Waals surface area contributed by atoms with Gasteiger partial charge in [0, 0.05) is 11.9 Å². The third kappa shape index (κ3) is 3.33. The lowest BCUT2D eigenvalue weighted by Gasteiger charge is -2.12. The fraction of sp³-hybridized carbons (Fsp3) is 0.462. The highest BCUT2D eigenvalue weighted by Crippen LogP contribution is 2.04. The second-order valence-corrected chi connectivity index (χ2v) is 4.74. The van der Waals surface area contributed by atoms with Crippen LogP contribution in [0.25, 0.3) is 5.78 Å². The number of carbonyl (C=O) groups excluding carboxylic acids is 1. The fourth-order valence-corrected chi connectivity index (χ4v) is 1.89. The first-order valence-electron chi connectivity index (χ1n) is 6.75. The lowest BCUT2D eigenvalue weighted by Crippen LogP contribution is -2.41. The second-order valence-electron chi connectivity index (χ2n) is 4.74. The summed E-state index contributed by atoms with van der Waals surface area (Å²) in [7, 11) is 0. The SMILES string of the molecule is CCCCC(NC(=O)c1nc2nccc(C)n2n1)C(=O)O. The number of rotatable bonds is 6. The third-order valence-corrected chi connectivity index (χ3v) is 3.08. The number of nitrogens with zero attached hydrogens (tertiary/aromatic N) is 4. The van der Waals surface area contributed by atoms with Crippen LogP contribution in [0.5, 0.6) is 0 Å². The molecule has 1 amide bonds. The van der Waals surface area contributed by atoms with Crippen molar-refractivity contribution >= 4 is 17.7 Å². The van der Waals surface area contributed by atoms with Crippen molar-refractivity contribution in [2.75, 3.05) is 0 Å². The first-order valence-corrected chi connectivity index (χ1v) is 6.75. The van der Waals surface area contributed by atoms with Crippen LogP contribution in [-0.4, -0.2) is 42.6 Å². The molecule has 1 atom stereocenters. The molecule has 0 aromatic carbocycles. The van der Waals surface area contributed by atoms with Crippen LogP contribution < -0.4 is 5.32 Å². The summed E-state index contributed by atoms with van der Waals surface area (Å²) < 4.78 is 1.44. The van der Waals surface area contributed by atoms with E-state index in [0.717, 1.165) is 18.5 Å². The number of aryl methyl sites for hydroxylation is 1. The van der Waals surface area contributed by atoms with Crippen LogP contribution in [0.4, 0.5) is 0 Å². The zero-order valence-electron chi connectivity index (χ0n) is 11.9. The van der Waals surface area contributed by atoms with E-state index in [9.17, 15) is 9.59 Å². The van der Waals surface area contributed by atoms with Crippen LogP contribution in [0.3, 0.4) is 0 Å². The molecule has 2 rings (SSSR count). The minimum Gasteiger partial charge on any atom is -0.480 e. The van der Waals surface area contributed by atoms with E-state index in [4.69, 9.17) is 5.11 Å². The number of carboxylic acids is 1. The number of fused-ring (bicyclic) bond motifs is 1. The van der Waals surface area contributed by atoms with Crippen molar-refractivity contribution in [3.05, 3.63) is 23.8 Å². The number of carbonyl (C=O) groups is 2. The molecule has 0 aliphatic heterocycles. The van der Waals surface area contributed by atoms with Gasteiger partial charge in [0.05, 0.1) is 0 Å². The first kappa shape index (κ1) is 14.9. The molecular weight excluding hydrogens is 274 g/mol. The van der Waals surface area contributed by atoms with Crippen LogP contribution in [-0.2, 0) is 4.79 Å². The van der Waals surface area contributed by atoms with Gasteiger partial charge in [-0.05, 0) is 19.4 Å². The summed E-state index contributed by atoms with van der Waals surface area (Å²) in [4.78, 5) is 31.2. The summed E-state index contributed by atoms with van der Waals surface area (Å²) in [6.07, 6.45) is 3.52.